The van der Waals surface area contributed by atoms with Gasteiger partial charge in [-0.3, -0.25) is 4.99 Å². The van der Waals surface area contributed by atoms with Crippen LogP contribution in [0.4, 0.5) is 4.39 Å². The third-order valence-corrected chi connectivity index (χ3v) is 2.38. The average Bonchev–Trinajstić information content (AvgIpc) is 2.33. The van der Waals surface area contributed by atoms with E-state index in [1.807, 2.05) is 0 Å². The summed E-state index contributed by atoms with van der Waals surface area (Å²) in [6, 6.07) is 3.03. The molecule has 1 atom stereocenters. The van der Waals surface area contributed by atoms with Crippen LogP contribution < -0.4 is 5.73 Å². The van der Waals surface area contributed by atoms with Gasteiger partial charge in [-0.15, -0.1) is 0 Å². The predicted molar refractivity (Wildman–Crippen MR) is 65.4 cm³/mol. The van der Waals surface area contributed by atoms with Crippen LogP contribution in [-0.2, 0) is 4.79 Å². The number of carboxylic acid groups (broad SMARTS) is 1. The average molecular weight is 254 g/mol. The Morgan fingerprint density at radius 1 is 1.56 bits per heavy atom. The number of hydrogen-bond acceptors (Lipinski definition) is 4. The Morgan fingerprint density at radius 2 is 2.28 bits per heavy atom. The fourth-order valence-electron chi connectivity index (χ4n) is 1.38. The van der Waals surface area contributed by atoms with E-state index in [4.69, 9.17) is 10.8 Å². The molecule has 1 rings (SSSR count). The molecular formula is C12H15FN2O3. The molecule has 98 valence electrons. The van der Waals surface area contributed by atoms with Gasteiger partial charge in [0.1, 0.15) is 6.04 Å². The van der Waals surface area contributed by atoms with E-state index in [2.05, 4.69) is 4.99 Å². The zero-order valence-corrected chi connectivity index (χ0v) is 9.71. The maximum Gasteiger partial charge on any atom is 0.328 e. The number of aromatic hydroxyl groups is 1. The topological polar surface area (TPSA) is 95.9 Å². The number of phenols is 1. The van der Waals surface area contributed by atoms with E-state index in [0.717, 1.165) is 12.3 Å². The van der Waals surface area contributed by atoms with Gasteiger partial charge in [0.15, 0.2) is 11.6 Å². The van der Waals surface area contributed by atoms with E-state index >= 15 is 0 Å². The van der Waals surface area contributed by atoms with Crippen LogP contribution in [-0.4, -0.2) is 35.0 Å². The first kappa shape index (κ1) is 14.1. The van der Waals surface area contributed by atoms with Gasteiger partial charge in [-0.05, 0) is 31.5 Å². The molecule has 0 amide bonds. The number of para-hydroxylation sites is 1. The van der Waals surface area contributed by atoms with Gasteiger partial charge in [0.25, 0.3) is 0 Å². The summed E-state index contributed by atoms with van der Waals surface area (Å²) in [6.07, 6.45) is 2.00. The molecule has 0 heterocycles. The van der Waals surface area contributed by atoms with Gasteiger partial charge < -0.3 is 15.9 Å². The molecule has 0 fully saturated rings. The Morgan fingerprint density at radius 3 is 2.89 bits per heavy atom. The SMILES string of the molecule is NCCCC(N=Cc1cccc(F)c1O)C(=O)O. The number of nitrogens with two attached hydrogens (primary N) is 1. The molecule has 0 saturated heterocycles. The van der Waals surface area contributed by atoms with Crippen LogP contribution in [0.25, 0.3) is 0 Å². The number of hydrogen-bond donors (Lipinski definition) is 3. The van der Waals surface area contributed by atoms with Crippen molar-refractivity contribution in [2.75, 3.05) is 6.54 Å². The Kier molecular flexibility index (Phi) is 5.26. The van der Waals surface area contributed by atoms with Crippen molar-refractivity contribution in [3.8, 4) is 5.75 Å². The van der Waals surface area contributed by atoms with Crippen LogP contribution in [0.2, 0.25) is 0 Å². The largest absolute Gasteiger partial charge is 0.504 e. The minimum absolute atomic E-state index is 0.147. The molecule has 4 N–H and O–H groups in total. The first-order valence-corrected chi connectivity index (χ1v) is 5.49. The number of carbonyl (C=O) groups is 1. The lowest BCUT2D eigenvalue weighted by molar-refractivity contribution is -0.138. The predicted octanol–water partition coefficient (Wildman–Crippen LogP) is 1.14. The highest BCUT2D eigenvalue weighted by atomic mass is 19.1. The van der Waals surface area contributed by atoms with Gasteiger partial charge in [0.2, 0.25) is 0 Å². The van der Waals surface area contributed by atoms with E-state index in [9.17, 15) is 14.3 Å². The van der Waals surface area contributed by atoms with Crippen molar-refractivity contribution in [3.63, 3.8) is 0 Å². The van der Waals surface area contributed by atoms with Gasteiger partial charge in [0.05, 0.1) is 0 Å². The lowest BCUT2D eigenvalue weighted by Gasteiger charge is -2.06. The van der Waals surface area contributed by atoms with Crippen LogP contribution in [0, 0.1) is 5.82 Å². The number of benzene rings is 1. The summed E-state index contributed by atoms with van der Waals surface area (Å²) in [6.45, 7) is 0.379. The Bertz CT molecular complexity index is 449. The smallest absolute Gasteiger partial charge is 0.328 e. The fourth-order valence-corrected chi connectivity index (χ4v) is 1.38. The molecular weight excluding hydrogens is 239 g/mol. The molecule has 6 heteroatoms. The monoisotopic (exact) mass is 254 g/mol. The minimum atomic E-state index is -1.07. The first-order chi connectivity index (χ1) is 8.56. The maximum atomic E-state index is 13.0. The van der Waals surface area contributed by atoms with Gasteiger partial charge in [-0.25, -0.2) is 9.18 Å². The lowest BCUT2D eigenvalue weighted by atomic mass is 10.1. The van der Waals surface area contributed by atoms with Crippen LogP contribution in [0.1, 0.15) is 18.4 Å². The van der Waals surface area contributed by atoms with E-state index in [0.29, 0.717) is 19.4 Å². The molecule has 5 nitrogen and oxygen atoms in total. The molecule has 18 heavy (non-hydrogen) atoms. The second kappa shape index (κ2) is 6.70. The molecule has 0 saturated carbocycles. The standard InChI is InChI=1S/C12H15FN2O3/c13-9-4-1-3-8(11(9)16)7-15-10(12(17)18)5-2-6-14/h1,3-4,7,10,16H,2,5-6,14H2,(H,17,18). The van der Waals surface area contributed by atoms with Crippen LogP contribution in [0.15, 0.2) is 23.2 Å². The highest BCUT2D eigenvalue weighted by Gasteiger charge is 2.14. The number of nitrogens with zero attached hydrogens (tertiary/aromatic N) is 1. The highest BCUT2D eigenvalue weighted by Crippen LogP contribution is 2.19. The molecule has 1 aromatic carbocycles. The maximum absolute atomic E-state index is 13.0. The second-order valence-corrected chi connectivity index (χ2v) is 3.74. The van der Waals surface area contributed by atoms with Crippen molar-refractivity contribution in [3.05, 3.63) is 29.6 Å². The van der Waals surface area contributed by atoms with E-state index in [1.54, 1.807) is 0 Å². The number of phenolic OH excluding ortho intramolecular Hbond substituents is 1. The number of halogens is 1. The van der Waals surface area contributed by atoms with Crippen molar-refractivity contribution >= 4 is 12.2 Å². The number of rotatable bonds is 6. The second-order valence-electron chi connectivity index (χ2n) is 3.74. The molecule has 0 aromatic heterocycles. The molecule has 0 spiro atoms. The summed E-state index contributed by atoms with van der Waals surface area (Å²) in [5.41, 5.74) is 5.44. The highest BCUT2D eigenvalue weighted by molar-refractivity contribution is 5.86. The zero-order valence-electron chi connectivity index (χ0n) is 9.71. The molecule has 0 radical (unpaired) electrons. The lowest BCUT2D eigenvalue weighted by Crippen LogP contribution is -2.19. The van der Waals surface area contributed by atoms with Crippen LogP contribution >= 0.6 is 0 Å². The number of aliphatic carboxylic acids is 1. The van der Waals surface area contributed by atoms with Gasteiger partial charge in [-0.1, -0.05) is 6.07 Å². The van der Waals surface area contributed by atoms with Crippen molar-refractivity contribution in [2.24, 2.45) is 10.7 Å². The number of carboxylic acids is 1. The summed E-state index contributed by atoms with van der Waals surface area (Å²) in [7, 11) is 0. The van der Waals surface area contributed by atoms with Gasteiger partial charge >= 0.3 is 5.97 Å². The summed E-state index contributed by atoms with van der Waals surface area (Å²) in [5, 5.41) is 18.3. The van der Waals surface area contributed by atoms with Crippen molar-refractivity contribution in [1.29, 1.82) is 0 Å². The van der Waals surface area contributed by atoms with E-state index in [1.165, 1.54) is 12.1 Å². The van der Waals surface area contributed by atoms with Gasteiger partial charge in [0, 0.05) is 11.8 Å². The van der Waals surface area contributed by atoms with E-state index < -0.39 is 23.6 Å². The van der Waals surface area contributed by atoms with Crippen molar-refractivity contribution in [2.45, 2.75) is 18.9 Å². The summed E-state index contributed by atoms with van der Waals surface area (Å²) >= 11 is 0. The molecule has 1 aromatic rings. The van der Waals surface area contributed by atoms with Crippen LogP contribution in [0.3, 0.4) is 0 Å². The first-order valence-electron chi connectivity index (χ1n) is 5.49. The minimum Gasteiger partial charge on any atom is -0.504 e. The zero-order chi connectivity index (χ0) is 13.5. The third-order valence-electron chi connectivity index (χ3n) is 2.38. The molecule has 0 aliphatic carbocycles. The van der Waals surface area contributed by atoms with Crippen molar-refractivity contribution < 1.29 is 19.4 Å². The number of aliphatic imine (C=N–C) groups is 1. The fraction of sp³-hybridized carbons (Fsp3) is 0.333. The molecule has 0 aliphatic heterocycles. The Balaban J connectivity index is 2.82. The Labute approximate surface area is 104 Å². The van der Waals surface area contributed by atoms with Crippen molar-refractivity contribution in [1.82, 2.24) is 0 Å². The molecule has 0 bridgehead atoms. The van der Waals surface area contributed by atoms with Gasteiger partial charge in [-0.2, -0.15) is 0 Å². The quantitative estimate of drug-likeness (QED) is 0.663. The normalized spacial score (nSPS) is 12.8. The van der Waals surface area contributed by atoms with E-state index in [-0.39, 0.29) is 5.56 Å². The summed E-state index contributed by atoms with van der Waals surface area (Å²) < 4.78 is 13.0. The summed E-state index contributed by atoms with van der Waals surface area (Å²) in [4.78, 5) is 14.7. The third kappa shape index (κ3) is 3.81. The molecule has 1 unspecified atom stereocenters. The Hall–Kier alpha value is -1.95. The van der Waals surface area contributed by atoms with Crippen LogP contribution in [0.5, 0.6) is 5.75 Å². The summed E-state index contributed by atoms with van der Waals surface area (Å²) in [5.74, 6) is -2.38. The molecule has 0 aliphatic rings.